The standard InChI is InChI=1S/C11H17N3O/c12-6-9-7-14(8-13-11(9)15)10-4-2-1-3-5-10/h7-8,10H,1-6,12H2. The number of hydrogen-bond acceptors (Lipinski definition) is 3. The second-order valence-electron chi connectivity index (χ2n) is 4.15. The molecule has 15 heavy (non-hydrogen) atoms. The SMILES string of the molecule is NCc1cn(C2CCCCC2)cnc1=O. The number of aromatic nitrogens is 2. The molecular weight excluding hydrogens is 190 g/mol. The van der Waals surface area contributed by atoms with Crippen molar-refractivity contribution in [2.24, 2.45) is 5.73 Å². The third-order valence-corrected chi connectivity index (χ3v) is 3.10. The van der Waals surface area contributed by atoms with E-state index in [9.17, 15) is 4.79 Å². The van der Waals surface area contributed by atoms with Gasteiger partial charge in [-0.15, -0.1) is 0 Å². The summed E-state index contributed by atoms with van der Waals surface area (Å²) in [5.74, 6) is 0. The first kappa shape index (κ1) is 10.4. The monoisotopic (exact) mass is 207 g/mol. The quantitative estimate of drug-likeness (QED) is 0.792. The van der Waals surface area contributed by atoms with E-state index in [1.807, 2.05) is 6.20 Å². The number of nitrogens with two attached hydrogens (primary N) is 1. The van der Waals surface area contributed by atoms with Crippen molar-refractivity contribution in [3.8, 4) is 0 Å². The van der Waals surface area contributed by atoms with Gasteiger partial charge in [0.1, 0.15) is 0 Å². The van der Waals surface area contributed by atoms with Gasteiger partial charge in [-0.2, -0.15) is 4.98 Å². The van der Waals surface area contributed by atoms with Crippen molar-refractivity contribution in [3.63, 3.8) is 0 Å². The number of rotatable bonds is 2. The maximum atomic E-state index is 11.3. The third kappa shape index (κ3) is 2.26. The molecule has 1 aliphatic rings. The fourth-order valence-corrected chi connectivity index (χ4v) is 2.19. The van der Waals surface area contributed by atoms with E-state index in [2.05, 4.69) is 9.55 Å². The molecule has 0 saturated heterocycles. The van der Waals surface area contributed by atoms with Crippen molar-refractivity contribution in [3.05, 3.63) is 28.4 Å². The highest BCUT2D eigenvalue weighted by atomic mass is 16.1. The van der Waals surface area contributed by atoms with Gasteiger partial charge in [-0.05, 0) is 12.8 Å². The predicted octanol–water partition coefficient (Wildman–Crippen LogP) is 1.21. The van der Waals surface area contributed by atoms with E-state index >= 15 is 0 Å². The van der Waals surface area contributed by atoms with Gasteiger partial charge >= 0.3 is 0 Å². The van der Waals surface area contributed by atoms with Crippen molar-refractivity contribution in [2.45, 2.75) is 44.7 Å². The Morgan fingerprint density at radius 2 is 2.13 bits per heavy atom. The number of hydrogen-bond donors (Lipinski definition) is 1. The molecule has 0 aromatic carbocycles. The van der Waals surface area contributed by atoms with E-state index in [1.165, 1.54) is 32.1 Å². The molecular formula is C11H17N3O. The molecule has 82 valence electrons. The van der Waals surface area contributed by atoms with Gasteiger partial charge in [0.2, 0.25) is 0 Å². The van der Waals surface area contributed by atoms with Crippen LogP contribution in [0.4, 0.5) is 0 Å². The average Bonchev–Trinajstić information content (AvgIpc) is 2.31. The maximum absolute atomic E-state index is 11.3. The molecule has 0 bridgehead atoms. The molecule has 0 unspecified atom stereocenters. The highest BCUT2D eigenvalue weighted by Crippen LogP contribution is 2.27. The average molecular weight is 207 g/mol. The molecule has 1 heterocycles. The van der Waals surface area contributed by atoms with Gasteiger partial charge in [0.05, 0.1) is 6.33 Å². The van der Waals surface area contributed by atoms with Gasteiger partial charge in [-0.25, -0.2) is 0 Å². The largest absolute Gasteiger partial charge is 0.335 e. The first-order valence-electron chi connectivity index (χ1n) is 5.58. The summed E-state index contributed by atoms with van der Waals surface area (Å²) in [6, 6.07) is 0.511. The Bertz CT molecular complexity index is 380. The highest BCUT2D eigenvalue weighted by Gasteiger charge is 2.14. The lowest BCUT2D eigenvalue weighted by Gasteiger charge is -2.24. The van der Waals surface area contributed by atoms with Crippen LogP contribution in [0.25, 0.3) is 0 Å². The van der Waals surface area contributed by atoms with Crippen LogP contribution < -0.4 is 11.3 Å². The van der Waals surface area contributed by atoms with Crippen LogP contribution in [0.5, 0.6) is 0 Å². The molecule has 0 aliphatic heterocycles. The molecule has 1 aliphatic carbocycles. The van der Waals surface area contributed by atoms with E-state index in [4.69, 9.17) is 5.73 Å². The van der Waals surface area contributed by atoms with Crippen LogP contribution in [0, 0.1) is 0 Å². The summed E-state index contributed by atoms with van der Waals surface area (Å²) < 4.78 is 2.06. The summed E-state index contributed by atoms with van der Waals surface area (Å²) in [4.78, 5) is 15.1. The normalized spacial score (nSPS) is 17.9. The maximum Gasteiger partial charge on any atom is 0.277 e. The van der Waals surface area contributed by atoms with Gasteiger partial charge in [-0.3, -0.25) is 4.79 Å². The van der Waals surface area contributed by atoms with Gasteiger partial charge in [-0.1, -0.05) is 19.3 Å². The second-order valence-corrected chi connectivity index (χ2v) is 4.15. The Labute approximate surface area is 89.1 Å². The van der Waals surface area contributed by atoms with E-state index in [-0.39, 0.29) is 12.1 Å². The van der Waals surface area contributed by atoms with Crippen molar-refractivity contribution in [1.29, 1.82) is 0 Å². The third-order valence-electron chi connectivity index (χ3n) is 3.10. The molecule has 4 nitrogen and oxygen atoms in total. The first-order valence-corrected chi connectivity index (χ1v) is 5.58. The van der Waals surface area contributed by atoms with E-state index in [0.29, 0.717) is 11.6 Å². The lowest BCUT2D eigenvalue weighted by molar-refractivity contribution is 0.348. The number of nitrogens with zero attached hydrogens (tertiary/aromatic N) is 2. The summed E-state index contributed by atoms with van der Waals surface area (Å²) in [5.41, 5.74) is 5.92. The lowest BCUT2D eigenvalue weighted by atomic mass is 9.95. The van der Waals surface area contributed by atoms with Gasteiger partial charge < -0.3 is 10.3 Å². The topological polar surface area (TPSA) is 60.9 Å². The summed E-state index contributed by atoms with van der Waals surface area (Å²) in [6.07, 6.45) is 9.77. The Morgan fingerprint density at radius 1 is 1.40 bits per heavy atom. The second kappa shape index (κ2) is 4.57. The molecule has 1 fully saturated rings. The van der Waals surface area contributed by atoms with Crippen molar-refractivity contribution >= 4 is 0 Å². The summed E-state index contributed by atoms with van der Waals surface area (Å²) in [5, 5.41) is 0. The molecule has 2 rings (SSSR count). The predicted molar refractivity (Wildman–Crippen MR) is 58.5 cm³/mol. The zero-order valence-electron chi connectivity index (χ0n) is 8.85. The fraction of sp³-hybridized carbons (Fsp3) is 0.636. The van der Waals surface area contributed by atoms with Gasteiger partial charge in [0.15, 0.2) is 0 Å². The Kier molecular flexibility index (Phi) is 3.16. The summed E-state index contributed by atoms with van der Waals surface area (Å²) in [6.45, 7) is 0.277. The lowest BCUT2D eigenvalue weighted by Crippen LogP contribution is -2.22. The van der Waals surface area contributed by atoms with E-state index < -0.39 is 0 Å². The van der Waals surface area contributed by atoms with Crippen molar-refractivity contribution < 1.29 is 0 Å². The fourth-order valence-electron chi connectivity index (χ4n) is 2.19. The molecule has 0 spiro atoms. The summed E-state index contributed by atoms with van der Waals surface area (Å²) >= 11 is 0. The molecule has 0 amide bonds. The van der Waals surface area contributed by atoms with Crippen LogP contribution in [-0.2, 0) is 6.54 Å². The molecule has 1 aromatic rings. The smallest absolute Gasteiger partial charge is 0.277 e. The highest BCUT2D eigenvalue weighted by molar-refractivity contribution is 5.04. The van der Waals surface area contributed by atoms with Gasteiger partial charge in [0.25, 0.3) is 5.56 Å². The minimum absolute atomic E-state index is 0.190. The molecule has 0 radical (unpaired) electrons. The van der Waals surface area contributed by atoms with Crippen LogP contribution >= 0.6 is 0 Å². The zero-order chi connectivity index (χ0) is 10.7. The van der Waals surface area contributed by atoms with Crippen LogP contribution in [-0.4, -0.2) is 9.55 Å². The summed E-state index contributed by atoms with van der Waals surface area (Å²) in [7, 11) is 0. The Hall–Kier alpha value is -1.16. The van der Waals surface area contributed by atoms with Crippen molar-refractivity contribution in [2.75, 3.05) is 0 Å². The Balaban J connectivity index is 2.23. The van der Waals surface area contributed by atoms with E-state index in [0.717, 1.165) is 0 Å². The minimum atomic E-state index is -0.190. The molecule has 0 atom stereocenters. The van der Waals surface area contributed by atoms with Crippen LogP contribution in [0.3, 0.4) is 0 Å². The van der Waals surface area contributed by atoms with Crippen LogP contribution in [0.15, 0.2) is 17.3 Å². The van der Waals surface area contributed by atoms with Crippen LogP contribution in [0.2, 0.25) is 0 Å². The molecule has 2 N–H and O–H groups in total. The van der Waals surface area contributed by atoms with E-state index in [1.54, 1.807) is 6.33 Å². The van der Waals surface area contributed by atoms with Crippen molar-refractivity contribution in [1.82, 2.24) is 9.55 Å². The minimum Gasteiger partial charge on any atom is -0.335 e. The zero-order valence-corrected chi connectivity index (χ0v) is 8.85. The first-order chi connectivity index (χ1) is 7.31. The molecule has 1 aromatic heterocycles. The Morgan fingerprint density at radius 3 is 2.80 bits per heavy atom. The van der Waals surface area contributed by atoms with Crippen LogP contribution in [0.1, 0.15) is 43.7 Å². The molecule has 4 heteroatoms. The molecule has 1 saturated carbocycles. The van der Waals surface area contributed by atoms with Gasteiger partial charge in [0, 0.05) is 24.3 Å².